The number of nitrogens with zero attached hydrogens (tertiary/aromatic N) is 2. The Bertz CT molecular complexity index is 543. The molecule has 5 heteroatoms. The summed E-state index contributed by atoms with van der Waals surface area (Å²) in [5, 5.41) is 1.67. The predicted molar refractivity (Wildman–Crippen MR) is 79.4 cm³/mol. The summed E-state index contributed by atoms with van der Waals surface area (Å²) < 4.78 is 0.817. The molecular weight excluding hydrogens is 332 g/mol. The molecule has 2 aromatic rings. The minimum absolute atomic E-state index is 0.312. The van der Waals surface area contributed by atoms with Crippen LogP contribution in [0, 0.1) is 0 Å². The van der Waals surface area contributed by atoms with Crippen molar-refractivity contribution in [1.29, 1.82) is 0 Å². The third-order valence-corrected chi connectivity index (χ3v) is 3.83. The fourth-order valence-electron chi connectivity index (χ4n) is 1.35. The monoisotopic (exact) mass is 342 g/mol. The molecule has 0 aliphatic rings. The molecule has 0 unspecified atom stereocenters. The van der Waals surface area contributed by atoms with Crippen LogP contribution in [0.25, 0.3) is 0 Å². The molecule has 0 aliphatic carbocycles. The van der Waals surface area contributed by atoms with Crippen LogP contribution in [0.4, 0.5) is 0 Å². The zero-order valence-corrected chi connectivity index (χ0v) is 13.2. The second-order valence-electron chi connectivity index (χ2n) is 4.10. The molecule has 94 valence electrons. The van der Waals surface area contributed by atoms with Gasteiger partial charge in [0.05, 0.1) is 0 Å². The van der Waals surface area contributed by atoms with E-state index >= 15 is 0 Å². The molecule has 0 spiro atoms. The molecule has 0 N–H and O–H groups in total. The molecular formula is C13H12BrClN2S. The van der Waals surface area contributed by atoms with Gasteiger partial charge in [0.25, 0.3) is 0 Å². The van der Waals surface area contributed by atoms with E-state index in [2.05, 4.69) is 39.7 Å². The molecule has 0 atom stereocenters. The molecule has 0 fully saturated rings. The summed E-state index contributed by atoms with van der Waals surface area (Å²) in [6.45, 7) is 4.16. The Labute approximate surface area is 124 Å². The summed E-state index contributed by atoms with van der Waals surface area (Å²) in [7, 11) is 0. The first-order valence-corrected chi connectivity index (χ1v) is 7.51. The van der Waals surface area contributed by atoms with Crippen molar-refractivity contribution in [3.63, 3.8) is 0 Å². The van der Waals surface area contributed by atoms with Crippen LogP contribution in [0.15, 0.2) is 44.9 Å². The lowest BCUT2D eigenvalue weighted by Gasteiger charge is -2.07. The smallest absolute Gasteiger partial charge is 0.133 e. The molecule has 1 aromatic carbocycles. The molecule has 1 aromatic heterocycles. The quantitative estimate of drug-likeness (QED) is 0.719. The van der Waals surface area contributed by atoms with E-state index in [0.717, 1.165) is 25.4 Å². The summed E-state index contributed by atoms with van der Waals surface area (Å²) in [6.07, 6.45) is 0. The van der Waals surface area contributed by atoms with E-state index in [0.29, 0.717) is 5.92 Å². The zero-order chi connectivity index (χ0) is 13.1. The van der Waals surface area contributed by atoms with Crippen LogP contribution in [0.3, 0.4) is 0 Å². The maximum atomic E-state index is 5.86. The van der Waals surface area contributed by atoms with Gasteiger partial charge in [-0.1, -0.05) is 37.2 Å². The summed E-state index contributed by atoms with van der Waals surface area (Å²) >= 11 is 10.9. The maximum Gasteiger partial charge on any atom is 0.133 e. The molecule has 18 heavy (non-hydrogen) atoms. The van der Waals surface area contributed by atoms with Gasteiger partial charge in [-0.15, -0.1) is 0 Å². The summed E-state index contributed by atoms with van der Waals surface area (Å²) in [5.74, 6) is 1.16. The molecule has 0 saturated carbocycles. The summed E-state index contributed by atoms with van der Waals surface area (Å²) in [4.78, 5) is 10.0. The lowest BCUT2D eigenvalue weighted by Crippen LogP contribution is -1.98. The number of aromatic nitrogens is 2. The number of hydrogen-bond acceptors (Lipinski definition) is 3. The van der Waals surface area contributed by atoms with Crippen LogP contribution in [0.1, 0.15) is 25.6 Å². The Kier molecular flexibility index (Phi) is 4.65. The van der Waals surface area contributed by atoms with Gasteiger partial charge in [0.2, 0.25) is 0 Å². The van der Waals surface area contributed by atoms with Crippen molar-refractivity contribution in [3.05, 3.63) is 45.8 Å². The number of hydrogen-bond donors (Lipinski definition) is 0. The van der Waals surface area contributed by atoms with E-state index in [1.807, 2.05) is 30.3 Å². The zero-order valence-electron chi connectivity index (χ0n) is 10.0. The second-order valence-corrected chi connectivity index (χ2v) is 6.44. The van der Waals surface area contributed by atoms with Gasteiger partial charge in [-0.25, -0.2) is 9.97 Å². The first-order valence-electron chi connectivity index (χ1n) is 5.52. The van der Waals surface area contributed by atoms with Gasteiger partial charge >= 0.3 is 0 Å². The molecule has 0 amide bonds. The molecule has 2 rings (SSSR count). The van der Waals surface area contributed by atoms with E-state index < -0.39 is 0 Å². The first kappa shape index (κ1) is 13.8. The third kappa shape index (κ3) is 3.70. The Balaban J connectivity index is 2.26. The topological polar surface area (TPSA) is 25.8 Å². The predicted octanol–water partition coefficient (Wildman–Crippen LogP) is 5.17. The lowest BCUT2D eigenvalue weighted by molar-refractivity contribution is 0.748. The van der Waals surface area contributed by atoms with Gasteiger partial charge in [0.15, 0.2) is 0 Å². The lowest BCUT2D eigenvalue weighted by atomic mass is 10.2. The van der Waals surface area contributed by atoms with Crippen LogP contribution in [-0.4, -0.2) is 9.97 Å². The highest BCUT2D eigenvalue weighted by atomic mass is 79.9. The average Bonchev–Trinajstić information content (AvgIpc) is 2.31. The fourth-order valence-corrected chi connectivity index (χ4v) is 2.85. The van der Waals surface area contributed by atoms with Gasteiger partial charge in [0, 0.05) is 21.9 Å². The fraction of sp³-hybridized carbons (Fsp3) is 0.231. The summed E-state index contributed by atoms with van der Waals surface area (Å²) in [6, 6.07) is 9.65. The van der Waals surface area contributed by atoms with Crippen LogP contribution >= 0.6 is 39.3 Å². The first-order chi connectivity index (χ1) is 8.54. The van der Waals surface area contributed by atoms with E-state index in [-0.39, 0.29) is 0 Å². The van der Waals surface area contributed by atoms with Gasteiger partial charge < -0.3 is 0 Å². The van der Waals surface area contributed by atoms with E-state index in [1.54, 1.807) is 11.8 Å². The molecule has 0 radical (unpaired) electrons. The molecule has 0 aliphatic heterocycles. The number of rotatable bonds is 3. The van der Waals surface area contributed by atoms with Crippen molar-refractivity contribution in [2.24, 2.45) is 0 Å². The molecule has 0 saturated heterocycles. The highest BCUT2D eigenvalue weighted by Crippen LogP contribution is 2.29. The number of halogens is 2. The van der Waals surface area contributed by atoms with E-state index in [1.165, 1.54) is 0 Å². The van der Waals surface area contributed by atoms with Crippen molar-refractivity contribution >= 4 is 39.3 Å². The van der Waals surface area contributed by atoms with Crippen molar-refractivity contribution in [2.45, 2.75) is 29.7 Å². The Morgan fingerprint density at radius 1 is 1.17 bits per heavy atom. The van der Waals surface area contributed by atoms with E-state index in [4.69, 9.17) is 11.6 Å². The Morgan fingerprint density at radius 3 is 2.44 bits per heavy atom. The highest BCUT2D eigenvalue weighted by molar-refractivity contribution is 9.10. The standard InChI is InChI=1S/C13H12BrClN2S/c1-8(2)13-16-11(14)7-12(17-13)18-10-5-3-9(15)4-6-10/h3-8H,1-2H3. The van der Waals surface area contributed by atoms with Crippen molar-refractivity contribution < 1.29 is 0 Å². The third-order valence-electron chi connectivity index (χ3n) is 2.24. The average molecular weight is 344 g/mol. The largest absolute Gasteiger partial charge is 0.226 e. The van der Waals surface area contributed by atoms with Gasteiger partial charge in [-0.2, -0.15) is 0 Å². The van der Waals surface area contributed by atoms with Gasteiger partial charge in [-0.3, -0.25) is 0 Å². The Morgan fingerprint density at radius 2 is 1.83 bits per heavy atom. The normalized spacial score (nSPS) is 10.9. The highest BCUT2D eigenvalue weighted by Gasteiger charge is 2.08. The van der Waals surface area contributed by atoms with Crippen LogP contribution in [-0.2, 0) is 0 Å². The SMILES string of the molecule is CC(C)c1nc(Br)cc(Sc2ccc(Cl)cc2)n1. The van der Waals surface area contributed by atoms with Crippen LogP contribution < -0.4 is 0 Å². The van der Waals surface area contributed by atoms with Crippen LogP contribution in [0.2, 0.25) is 5.02 Å². The van der Waals surface area contributed by atoms with Crippen molar-refractivity contribution in [2.75, 3.05) is 0 Å². The number of benzene rings is 1. The molecule has 2 nitrogen and oxygen atoms in total. The van der Waals surface area contributed by atoms with Crippen molar-refractivity contribution in [3.8, 4) is 0 Å². The van der Waals surface area contributed by atoms with Gasteiger partial charge in [-0.05, 0) is 40.2 Å². The maximum absolute atomic E-state index is 5.86. The minimum atomic E-state index is 0.312. The molecule has 0 bridgehead atoms. The van der Waals surface area contributed by atoms with Crippen LogP contribution in [0.5, 0.6) is 0 Å². The molecule has 1 heterocycles. The Hall–Kier alpha value is -0.580. The minimum Gasteiger partial charge on any atom is -0.226 e. The summed E-state index contributed by atoms with van der Waals surface area (Å²) in [5.41, 5.74) is 0. The van der Waals surface area contributed by atoms with E-state index in [9.17, 15) is 0 Å². The van der Waals surface area contributed by atoms with Crippen molar-refractivity contribution in [1.82, 2.24) is 9.97 Å². The second kappa shape index (κ2) is 6.04. The van der Waals surface area contributed by atoms with Gasteiger partial charge in [0.1, 0.15) is 15.5 Å².